The molecular weight excluding hydrogens is 368 g/mol. The third-order valence-electron chi connectivity index (χ3n) is 3.76. The van der Waals surface area contributed by atoms with E-state index in [2.05, 4.69) is 4.98 Å². The molecule has 2 rings (SSSR count). The molecule has 146 valence electrons. The number of esters is 2. The molecule has 0 radical (unpaired) electrons. The van der Waals surface area contributed by atoms with Crippen molar-refractivity contribution in [2.75, 3.05) is 12.9 Å². The van der Waals surface area contributed by atoms with Crippen molar-refractivity contribution in [3.8, 4) is 0 Å². The predicted molar refractivity (Wildman–Crippen MR) is 104 cm³/mol. The molecule has 0 amide bonds. The number of benzene rings is 1. The lowest BCUT2D eigenvalue weighted by atomic mass is 10.1. The minimum Gasteiger partial charge on any atom is -0.465 e. The van der Waals surface area contributed by atoms with Crippen LogP contribution in [0.4, 0.5) is 0 Å². The lowest BCUT2D eigenvalue weighted by molar-refractivity contribution is -0.144. The molecule has 0 bridgehead atoms. The molecule has 2 aromatic rings. The van der Waals surface area contributed by atoms with Crippen LogP contribution in [0.5, 0.6) is 0 Å². The number of fused-ring (bicyclic) bond motifs is 1. The van der Waals surface area contributed by atoms with Crippen LogP contribution in [0.25, 0.3) is 10.9 Å². The third-order valence-corrected chi connectivity index (χ3v) is 4.71. The van der Waals surface area contributed by atoms with Gasteiger partial charge in [-0.1, -0.05) is 25.1 Å². The predicted octanol–water partition coefficient (Wildman–Crippen LogP) is 3.03. The van der Waals surface area contributed by atoms with Gasteiger partial charge in [0.15, 0.2) is 5.16 Å². The van der Waals surface area contributed by atoms with Crippen molar-refractivity contribution in [2.45, 2.75) is 51.4 Å². The molecule has 0 aliphatic heterocycles. The maximum absolute atomic E-state index is 12.9. The molecular formula is C19H24N2O5S. The van der Waals surface area contributed by atoms with E-state index in [1.807, 2.05) is 6.92 Å². The normalized spacial score (nSPS) is 11.0. The van der Waals surface area contributed by atoms with Crippen LogP contribution in [0, 0.1) is 0 Å². The van der Waals surface area contributed by atoms with E-state index in [0.29, 0.717) is 28.2 Å². The molecule has 0 fully saturated rings. The van der Waals surface area contributed by atoms with E-state index >= 15 is 0 Å². The Balaban J connectivity index is 2.45. The average molecular weight is 392 g/mol. The Hall–Kier alpha value is -2.35. The second kappa shape index (κ2) is 9.55. The first-order valence-electron chi connectivity index (χ1n) is 8.82. The highest BCUT2D eigenvalue weighted by molar-refractivity contribution is 7.99. The fourth-order valence-corrected chi connectivity index (χ4v) is 3.30. The first-order valence-corrected chi connectivity index (χ1v) is 9.81. The molecule has 27 heavy (non-hydrogen) atoms. The lowest BCUT2D eigenvalue weighted by Gasteiger charge is -2.13. The molecule has 8 heteroatoms. The molecule has 7 nitrogen and oxygen atoms in total. The summed E-state index contributed by atoms with van der Waals surface area (Å²) in [6, 6.07) is 4.66. The van der Waals surface area contributed by atoms with Gasteiger partial charge in [-0.15, -0.1) is 0 Å². The van der Waals surface area contributed by atoms with Crippen LogP contribution in [0.1, 0.15) is 44.0 Å². The molecule has 0 aliphatic rings. The standard InChI is InChI=1S/C19H24N2O5S/c1-5-6-9-21-17(23)14-8-7-13(18(24)25-4)10-15(14)20-19(21)27-11-16(22)26-12(2)3/h7-8,10,12H,5-6,9,11H2,1-4H3. The van der Waals surface area contributed by atoms with Gasteiger partial charge in [0.25, 0.3) is 5.56 Å². The lowest BCUT2D eigenvalue weighted by Crippen LogP contribution is -2.24. The summed E-state index contributed by atoms with van der Waals surface area (Å²) in [7, 11) is 1.30. The number of carbonyl (C=O) groups is 2. The number of thioether (sulfide) groups is 1. The minimum atomic E-state index is -0.497. The van der Waals surface area contributed by atoms with Crippen molar-refractivity contribution < 1.29 is 19.1 Å². The second-order valence-corrected chi connectivity index (χ2v) is 7.20. The van der Waals surface area contributed by atoms with Crippen LogP contribution in [-0.2, 0) is 20.8 Å². The molecule has 0 saturated heterocycles. The molecule has 0 N–H and O–H groups in total. The number of carbonyl (C=O) groups excluding carboxylic acids is 2. The monoisotopic (exact) mass is 392 g/mol. The summed E-state index contributed by atoms with van der Waals surface area (Å²) in [4.78, 5) is 41.1. The topological polar surface area (TPSA) is 87.5 Å². The summed E-state index contributed by atoms with van der Waals surface area (Å²) in [6.45, 7) is 6.11. The van der Waals surface area contributed by atoms with Gasteiger partial charge in [0.1, 0.15) is 0 Å². The molecule has 1 aromatic heterocycles. The van der Waals surface area contributed by atoms with E-state index in [4.69, 9.17) is 9.47 Å². The number of hydrogen-bond acceptors (Lipinski definition) is 7. The molecule has 0 saturated carbocycles. The van der Waals surface area contributed by atoms with Gasteiger partial charge in [-0.05, 0) is 38.5 Å². The number of aromatic nitrogens is 2. The number of ether oxygens (including phenoxy) is 2. The zero-order valence-corrected chi connectivity index (χ0v) is 16.8. The second-order valence-electron chi connectivity index (χ2n) is 6.26. The number of hydrogen-bond donors (Lipinski definition) is 0. The summed E-state index contributed by atoms with van der Waals surface area (Å²) in [5.74, 6) is -0.808. The Labute approximate surface area is 162 Å². The van der Waals surface area contributed by atoms with Gasteiger partial charge in [-0.25, -0.2) is 9.78 Å². The molecule has 0 atom stereocenters. The first-order chi connectivity index (χ1) is 12.9. The van der Waals surface area contributed by atoms with E-state index in [0.717, 1.165) is 24.6 Å². The fourth-order valence-electron chi connectivity index (χ4n) is 2.49. The van der Waals surface area contributed by atoms with Crippen molar-refractivity contribution >= 4 is 34.6 Å². The van der Waals surface area contributed by atoms with Crippen LogP contribution < -0.4 is 5.56 Å². The van der Waals surface area contributed by atoms with Gasteiger partial charge in [0.2, 0.25) is 0 Å². The Morgan fingerprint density at radius 3 is 2.67 bits per heavy atom. The third kappa shape index (κ3) is 5.32. The van der Waals surface area contributed by atoms with Crippen molar-refractivity contribution in [3.05, 3.63) is 34.1 Å². The molecule has 1 heterocycles. The maximum atomic E-state index is 12.9. The smallest absolute Gasteiger partial charge is 0.337 e. The summed E-state index contributed by atoms with van der Waals surface area (Å²) in [5.41, 5.74) is 0.526. The van der Waals surface area contributed by atoms with Crippen LogP contribution in [0.3, 0.4) is 0 Å². The summed E-state index contributed by atoms with van der Waals surface area (Å²) >= 11 is 1.16. The maximum Gasteiger partial charge on any atom is 0.337 e. The number of unbranched alkanes of at least 4 members (excludes halogenated alkanes) is 1. The van der Waals surface area contributed by atoms with Gasteiger partial charge in [0, 0.05) is 6.54 Å². The van der Waals surface area contributed by atoms with Crippen molar-refractivity contribution in [1.29, 1.82) is 0 Å². The quantitative estimate of drug-likeness (QED) is 0.388. The van der Waals surface area contributed by atoms with Gasteiger partial charge in [0.05, 0.1) is 35.4 Å². The van der Waals surface area contributed by atoms with E-state index < -0.39 is 5.97 Å². The van der Waals surface area contributed by atoms with Crippen LogP contribution in [0.2, 0.25) is 0 Å². The molecule has 0 aliphatic carbocycles. The van der Waals surface area contributed by atoms with Crippen LogP contribution in [0.15, 0.2) is 28.2 Å². The zero-order valence-electron chi connectivity index (χ0n) is 16.0. The summed E-state index contributed by atoms with van der Waals surface area (Å²) < 4.78 is 11.4. The Kier molecular flexibility index (Phi) is 7.41. The minimum absolute atomic E-state index is 0.0545. The highest BCUT2D eigenvalue weighted by atomic mass is 32.2. The SMILES string of the molecule is CCCCn1c(SCC(=O)OC(C)C)nc2cc(C(=O)OC)ccc2c1=O. The van der Waals surface area contributed by atoms with E-state index in [1.165, 1.54) is 13.2 Å². The van der Waals surface area contributed by atoms with Crippen molar-refractivity contribution in [2.24, 2.45) is 0 Å². The first kappa shape index (κ1) is 21.0. The van der Waals surface area contributed by atoms with Gasteiger partial charge < -0.3 is 9.47 Å². The Morgan fingerprint density at radius 2 is 2.04 bits per heavy atom. The number of rotatable bonds is 8. The Bertz CT molecular complexity index is 892. The van der Waals surface area contributed by atoms with E-state index in [9.17, 15) is 14.4 Å². The molecule has 0 unspecified atom stereocenters. The highest BCUT2D eigenvalue weighted by Gasteiger charge is 2.16. The zero-order chi connectivity index (χ0) is 20.0. The summed E-state index contributed by atoms with van der Waals surface area (Å²) in [5, 5.41) is 0.858. The number of nitrogens with zero attached hydrogens (tertiary/aromatic N) is 2. The van der Waals surface area contributed by atoms with E-state index in [1.54, 1.807) is 30.5 Å². The van der Waals surface area contributed by atoms with Gasteiger partial charge in [-0.2, -0.15) is 0 Å². The van der Waals surface area contributed by atoms with Crippen LogP contribution >= 0.6 is 11.8 Å². The Morgan fingerprint density at radius 1 is 1.30 bits per heavy atom. The van der Waals surface area contributed by atoms with Crippen molar-refractivity contribution in [3.63, 3.8) is 0 Å². The average Bonchev–Trinajstić information content (AvgIpc) is 2.64. The van der Waals surface area contributed by atoms with Gasteiger partial charge in [-0.3, -0.25) is 14.2 Å². The fraction of sp³-hybridized carbons (Fsp3) is 0.474. The van der Waals surface area contributed by atoms with Gasteiger partial charge >= 0.3 is 11.9 Å². The molecule has 0 spiro atoms. The number of methoxy groups -OCH3 is 1. The molecule has 1 aromatic carbocycles. The van der Waals surface area contributed by atoms with E-state index in [-0.39, 0.29) is 23.4 Å². The largest absolute Gasteiger partial charge is 0.465 e. The summed E-state index contributed by atoms with van der Waals surface area (Å²) in [6.07, 6.45) is 1.54. The van der Waals surface area contributed by atoms with Crippen LogP contribution in [-0.4, -0.2) is 40.5 Å². The highest BCUT2D eigenvalue weighted by Crippen LogP contribution is 2.20. The van der Waals surface area contributed by atoms with Crippen molar-refractivity contribution in [1.82, 2.24) is 9.55 Å².